The van der Waals surface area contributed by atoms with Gasteiger partial charge in [0.05, 0.1) is 6.07 Å². The maximum atomic E-state index is 13.0. The molecule has 0 saturated heterocycles. The van der Waals surface area contributed by atoms with Crippen molar-refractivity contribution in [1.82, 2.24) is 5.32 Å². The fourth-order valence-corrected chi connectivity index (χ4v) is 2.05. The predicted molar refractivity (Wildman–Crippen MR) is 84.0 cm³/mol. The number of carbonyl (C=O) groups excluding carboxylic acids is 1. The number of nitrogens with one attached hydrogen (secondary N) is 1. The number of halogens is 1. The Labute approximate surface area is 134 Å². The van der Waals surface area contributed by atoms with E-state index >= 15 is 0 Å². The van der Waals surface area contributed by atoms with Gasteiger partial charge in [-0.3, -0.25) is 4.79 Å². The van der Waals surface area contributed by atoms with E-state index in [1.807, 2.05) is 6.07 Å². The van der Waals surface area contributed by atoms with E-state index in [0.717, 1.165) is 0 Å². The molecule has 0 bridgehead atoms. The van der Waals surface area contributed by atoms with Crippen LogP contribution in [0.4, 0.5) is 4.39 Å². The van der Waals surface area contributed by atoms with E-state index in [0.29, 0.717) is 11.3 Å². The van der Waals surface area contributed by atoms with Crippen LogP contribution in [0.15, 0.2) is 54.6 Å². The Bertz CT molecular complexity index is 710. The fourth-order valence-electron chi connectivity index (χ4n) is 2.05. The predicted octanol–water partition coefficient (Wildman–Crippen LogP) is 3.15. The molecule has 0 radical (unpaired) electrons. The number of rotatable bonds is 5. The molecule has 2 aromatic carbocycles. The van der Waals surface area contributed by atoms with Gasteiger partial charge in [0.15, 0.2) is 6.10 Å². The molecule has 23 heavy (non-hydrogen) atoms. The van der Waals surface area contributed by atoms with Gasteiger partial charge in [-0.1, -0.05) is 30.3 Å². The minimum absolute atomic E-state index is 0.402. The number of hydrogen-bond acceptors (Lipinski definition) is 3. The van der Waals surface area contributed by atoms with E-state index < -0.39 is 23.4 Å². The third-order valence-electron chi connectivity index (χ3n) is 3.44. The zero-order chi connectivity index (χ0) is 16.9. The first-order chi connectivity index (χ1) is 10.9. The number of nitriles is 1. The number of carbonyl (C=O) groups is 1. The van der Waals surface area contributed by atoms with E-state index in [4.69, 9.17) is 4.74 Å². The van der Waals surface area contributed by atoms with Crippen molar-refractivity contribution in [2.45, 2.75) is 25.5 Å². The van der Waals surface area contributed by atoms with Gasteiger partial charge >= 0.3 is 0 Å². The Balaban J connectivity index is 2.10. The zero-order valence-corrected chi connectivity index (χ0v) is 12.9. The van der Waals surface area contributed by atoms with Gasteiger partial charge < -0.3 is 10.1 Å². The summed E-state index contributed by atoms with van der Waals surface area (Å²) in [6.45, 7) is 3.16. The number of benzene rings is 2. The standard InChI is InChI=1S/C18H17FN2O2/c1-13(23-16-6-4-3-5-7-16)17(22)21-18(2,12-20)14-8-10-15(19)11-9-14/h3-11,13H,1-2H3,(H,21,22). The SMILES string of the molecule is CC(Oc1ccccc1)C(=O)NC(C)(C#N)c1ccc(F)cc1. The van der Waals surface area contributed by atoms with Crippen molar-refractivity contribution in [3.05, 3.63) is 66.0 Å². The van der Waals surface area contributed by atoms with Crippen LogP contribution in [0.3, 0.4) is 0 Å². The molecule has 4 nitrogen and oxygen atoms in total. The quantitative estimate of drug-likeness (QED) is 0.922. The van der Waals surface area contributed by atoms with Crippen molar-refractivity contribution < 1.29 is 13.9 Å². The van der Waals surface area contributed by atoms with Gasteiger partial charge in [-0.2, -0.15) is 5.26 Å². The molecule has 2 atom stereocenters. The van der Waals surface area contributed by atoms with Crippen LogP contribution < -0.4 is 10.1 Å². The first-order valence-electron chi connectivity index (χ1n) is 7.15. The van der Waals surface area contributed by atoms with Crippen LogP contribution in [0, 0.1) is 17.1 Å². The van der Waals surface area contributed by atoms with Gasteiger partial charge in [-0.05, 0) is 43.7 Å². The third-order valence-corrected chi connectivity index (χ3v) is 3.44. The number of amides is 1. The largest absolute Gasteiger partial charge is 0.481 e. The first-order valence-corrected chi connectivity index (χ1v) is 7.15. The second-order valence-electron chi connectivity index (χ2n) is 5.31. The highest BCUT2D eigenvalue weighted by Gasteiger charge is 2.30. The van der Waals surface area contributed by atoms with Crippen molar-refractivity contribution in [3.8, 4) is 11.8 Å². The van der Waals surface area contributed by atoms with Gasteiger partial charge in [0, 0.05) is 0 Å². The van der Waals surface area contributed by atoms with Crippen LogP contribution in [0.1, 0.15) is 19.4 Å². The summed E-state index contributed by atoms with van der Waals surface area (Å²) in [6.07, 6.45) is -0.773. The summed E-state index contributed by atoms with van der Waals surface area (Å²) in [5.41, 5.74) is -0.763. The lowest BCUT2D eigenvalue weighted by atomic mass is 9.93. The fraction of sp³-hybridized carbons (Fsp3) is 0.222. The lowest BCUT2D eigenvalue weighted by molar-refractivity contribution is -0.128. The molecule has 0 spiro atoms. The molecule has 2 unspecified atom stereocenters. The molecular weight excluding hydrogens is 295 g/mol. The highest BCUT2D eigenvalue weighted by molar-refractivity contribution is 5.82. The van der Waals surface area contributed by atoms with Crippen molar-refractivity contribution in [2.75, 3.05) is 0 Å². The highest BCUT2D eigenvalue weighted by atomic mass is 19.1. The van der Waals surface area contributed by atoms with Crippen LogP contribution in [0.25, 0.3) is 0 Å². The molecule has 0 aromatic heterocycles. The average molecular weight is 312 g/mol. The summed E-state index contributed by atoms with van der Waals surface area (Å²) in [5.74, 6) is -0.265. The highest BCUT2D eigenvalue weighted by Crippen LogP contribution is 2.21. The lowest BCUT2D eigenvalue weighted by Crippen LogP contribution is -2.47. The molecule has 0 fully saturated rings. The van der Waals surface area contributed by atoms with Crippen molar-refractivity contribution in [1.29, 1.82) is 5.26 Å². The first kappa shape index (κ1) is 16.5. The van der Waals surface area contributed by atoms with Gasteiger partial charge in [0.25, 0.3) is 5.91 Å². The topological polar surface area (TPSA) is 62.1 Å². The number of nitrogens with zero attached hydrogens (tertiary/aromatic N) is 1. The van der Waals surface area contributed by atoms with Crippen molar-refractivity contribution in [2.24, 2.45) is 0 Å². The van der Waals surface area contributed by atoms with Crippen LogP contribution in [0.2, 0.25) is 0 Å². The third kappa shape index (κ3) is 4.07. The van der Waals surface area contributed by atoms with E-state index in [1.54, 1.807) is 38.1 Å². The van der Waals surface area contributed by atoms with Crippen molar-refractivity contribution >= 4 is 5.91 Å². The molecular formula is C18H17FN2O2. The molecule has 2 aromatic rings. The van der Waals surface area contributed by atoms with Gasteiger partial charge in [0.1, 0.15) is 17.1 Å². The molecule has 1 N–H and O–H groups in total. The van der Waals surface area contributed by atoms with E-state index in [1.165, 1.54) is 24.3 Å². The summed E-state index contributed by atoms with van der Waals surface area (Å²) in [4.78, 5) is 12.3. The smallest absolute Gasteiger partial charge is 0.262 e. The minimum atomic E-state index is -1.26. The maximum Gasteiger partial charge on any atom is 0.262 e. The average Bonchev–Trinajstić information content (AvgIpc) is 2.56. The number of ether oxygens (including phenoxy) is 1. The van der Waals surface area contributed by atoms with Crippen LogP contribution in [-0.4, -0.2) is 12.0 Å². The molecule has 0 aliphatic heterocycles. The van der Waals surface area contributed by atoms with E-state index in [2.05, 4.69) is 11.4 Å². The second-order valence-corrected chi connectivity index (χ2v) is 5.31. The molecule has 118 valence electrons. The van der Waals surface area contributed by atoms with E-state index in [9.17, 15) is 14.4 Å². The Morgan fingerprint density at radius 1 is 1.22 bits per heavy atom. The Hall–Kier alpha value is -2.87. The van der Waals surface area contributed by atoms with Gasteiger partial charge in [-0.15, -0.1) is 0 Å². The van der Waals surface area contributed by atoms with E-state index in [-0.39, 0.29) is 0 Å². The molecule has 0 saturated carbocycles. The summed E-state index contributed by atoms with van der Waals surface area (Å²) in [7, 11) is 0. The normalized spacial score (nSPS) is 14.2. The zero-order valence-electron chi connectivity index (χ0n) is 12.9. The summed E-state index contributed by atoms with van der Waals surface area (Å²) >= 11 is 0. The molecule has 0 aliphatic rings. The van der Waals surface area contributed by atoms with Crippen molar-refractivity contribution in [3.63, 3.8) is 0 Å². The number of para-hydroxylation sites is 1. The minimum Gasteiger partial charge on any atom is -0.481 e. The Morgan fingerprint density at radius 2 is 1.83 bits per heavy atom. The summed E-state index contributed by atoms with van der Waals surface area (Å²) < 4.78 is 18.6. The Kier molecular flexibility index (Phi) is 4.97. The van der Waals surface area contributed by atoms with Gasteiger partial charge in [-0.25, -0.2) is 4.39 Å². The second kappa shape index (κ2) is 6.93. The number of hydrogen-bond donors (Lipinski definition) is 1. The summed E-state index contributed by atoms with van der Waals surface area (Å²) in [5, 5.41) is 12.1. The monoisotopic (exact) mass is 312 g/mol. The molecule has 0 heterocycles. The van der Waals surface area contributed by atoms with Crippen LogP contribution in [0.5, 0.6) is 5.75 Å². The molecule has 2 rings (SSSR count). The molecule has 1 amide bonds. The molecule has 0 aliphatic carbocycles. The van der Waals surface area contributed by atoms with Gasteiger partial charge in [0.2, 0.25) is 0 Å². The molecule has 5 heteroatoms. The lowest BCUT2D eigenvalue weighted by Gasteiger charge is -2.26. The maximum absolute atomic E-state index is 13.0. The van der Waals surface area contributed by atoms with Crippen LogP contribution >= 0.6 is 0 Å². The van der Waals surface area contributed by atoms with Crippen LogP contribution in [-0.2, 0) is 10.3 Å². The Morgan fingerprint density at radius 3 is 2.39 bits per heavy atom. The summed E-state index contributed by atoms with van der Waals surface area (Å²) in [6, 6.07) is 16.4.